The predicted molar refractivity (Wildman–Crippen MR) is 83.5 cm³/mol. The lowest BCUT2D eigenvalue weighted by Crippen LogP contribution is -2.42. The van der Waals surface area contributed by atoms with Crippen LogP contribution in [0.1, 0.15) is 71.6 Å². The topological polar surface area (TPSA) is 12.0 Å². The molecule has 0 amide bonds. The van der Waals surface area contributed by atoms with Crippen molar-refractivity contribution in [2.75, 3.05) is 0 Å². The smallest absolute Gasteiger partial charge is 0.0326 e. The van der Waals surface area contributed by atoms with Crippen molar-refractivity contribution in [2.45, 2.75) is 71.9 Å². The zero-order valence-corrected chi connectivity index (χ0v) is 13.4. The molecule has 1 aliphatic rings. The van der Waals surface area contributed by atoms with Crippen LogP contribution in [0.15, 0.2) is 24.3 Å². The minimum atomic E-state index is 0.307. The van der Waals surface area contributed by atoms with Crippen molar-refractivity contribution in [1.82, 2.24) is 5.32 Å². The second-order valence-corrected chi connectivity index (χ2v) is 7.82. The van der Waals surface area contributed by atoms with Gasteiger partial charge < -0.3 is 5.32 Å². The van der Waals surface area contributed by atoms with Crippen LogP contribution in [-0.4, -0.2) is 6.04 Å². The highest BCUT2D eigenvalue weighted by atomic mass is 15.0. The third kappa shape index (κ3) is 3.02. The Morgan fingerprint density at radius 1 is 1.21 bits per heavy atom. The summed E-state index contributed by atoms with van der Waals surface area (Å²) in [6.45, 7) is 14.0. The Hall–Kier alpha value is -0.820. The summed E-state index contributed by atoms with van der Waals surface area (Å²) >= 11 is 0. The first-order chi connectivity index (χ1) is 8.72. The Bertz CT molecular complexity index is 439. The minimum absolute atomic E-state index is 0.307. The number of hydrogen-bond acceptors (Lipinski definition) is 1. The molecule has 0 bridgehead atoms. The average molecular weight is 259 g/mol. The SMILES string of the molecule is CC(NC1CCC(C)(C)c2ccccc21)C(C)(C)C. The van der Waals surface area contributed by atoms with E-state index in [-0.39, 0.29) is 0 Å². The first-order valence-corrected chi connectivity index (χ1v) is 7.57. The molecule has 0 saturated heterocycles. The molecule has 1 nitrogen and oxygen atoms in total. The molecule has 0 saturated carbocycles. The maximum atomic E-state index is 3.85. The largest absolute Gasteiger partial charge is 0.307 e. The van der Waals surface area contributed by atoms with Crippen LogP contribution in [0.4, 0.5) is 0 Å². The molecule has 0 aliphatic heterocycles. The van der Waals surface area contributed by atoms with Crippen LogP contribution in [-0.2, 0) is 5.41 Å². The van der Waals surface area contributed by atoms with Crippen LogP contribution >= 0.6 is 0 Å². The van der Waals surface area contributed by atoms with Gasteiger partial charge in [0.15, 0.2) is 0 Å². The molecule has 19 heavy (non-hydrogen) atoms. The van der Waals surface area contributed by atoms with Gasteiger partial charge in [-0.05, 0) is 41.7 Å². The molecule has 1 aromatic carbocycles. The first kappa shape index (κ1) is 14.6. The predicted octanol–water partition coefficient (Wildman–Crippen LogP) is 4.82. The fraction of sp³-hybridized carbons (Fsp3) is 0.667. The standard InChI is InChI=1S/C18H29N/c1-13(17(2,3)4)19-16-11-12-18(5,6)15-10-8-7-9-14(15)16/h7-10,13,16,19H,11-12H2,1-6H3. The fourth-order valence-electron chi connectivity index (χ4n) is 2.94. The van der Waals surface area contributed by atoms with E-state index in [0.29, 0.717) is 22.9 Å². The van der Waals surface area contributed by atoms with Gasteiger partial charge in [-0.2, -0.15) is 0 Å². The fourth-order valence-corrected chi connectivity index (χ4v) is 2.94. The summed E-state index contributed by atoms with van der Waals surface area (Å²) in [5, 5.41) is 3.85. The Labute approximate surface area is 118 Å². The van der Waals surface area contributed by atoms with Gasteiger partial charge in [0.1, 0.15) is 0 Å². The van der Waals surface area contributed by atoms with Crippen LogP contribution in [0.25, 0.3) is 0 Å². The van der Waals surface area contributed by atoms with E-state index < -0.39 is 0 Å². The highest BCUT2D eigenvalue weighted by Crippen LogP contribution is 2.41. The van der Waals surface area contributed by atoms with Crippen molar-refractivity contribution >= 4 is 0 Å². The van der Waals surface area contributed by atoms with E-state index >= 15 is 0 Å². The van der Waals surface area contributed by atoms with E-state index in [4.69, 9.17) is 0 Å². The number of nitrogens with one attached hydrogen (secondary N) is 1. The van der Waals surface area contributed by atoms with E-state index in [2.05, 4.69) is 71.1 Å². The molecular formula is C18H29N. The molecule has 1 aliphatic carbocycles. The van der Waals surface area contributed by atoms with Gasteiger partial charge in [0.05, 0.1) is 0 Å². The first-order valence-electron chi connectivity index (χ1n) is 7.57. The highest BCUT2D eigenvalue weighted by Gasteiger charge is 2.33. The molecule has 0 aromatic heterocycles. The van der Waals surface area contributed by atoms with Gasteiger partial charge >= 0.3 is 0 Å². The summed E-state index contributed by atoms with van der Waals surface area (Å²) in [5.41, 5.74) is 3.66. The van der Waals surface area contributed by atoms with E-state index in [1.54, 1.807) is 0 Å². The van der Waals surface area contributed by atoms with Crippen molar-refractivity contribution in [2.24, 2.45) is 5.41 Å². The molecule has 1 aromatic rings. The van der Waals surface area contributed by atoms with Gasteiger partial charge in [-0.1, -0.05) is 58.9 Å². The normalized spacial score (nSPS) is 23.8. The molecule has 0 heterocycles. The molecule has 2 atom stereocenters. The van der Waals surface area contributed by atoms with Gasteiger partial charge in [-0.3, -0.25) is 0 Å². The van der Waals surface area contributed by atoms with Gasteiger partial charge in [0.25, 0.3) is 0 Å². The zero-order valence-electron chi connectivity index (χ0n) is 13.4. The Morgan fingerprint density at radius 3 is 2.47 bits per heavy atom. The molecule has 106 valence electrons. The Kier molecular flexibility index (Phi) is 3.79. The molecule has 2 rings (SSSR count). The summed E-state index contributed by atoms with van der Waals surface area (Å²) in [4.78, 5) is 0. The maximum Gasteiger partial charge on any atom is 0.0326 e. The van der Waals surface area contributed by atoms with Crippen molar-refractivity contribution in [1.29, 1.82) is 0 Å². The van der Waals surface area contributed by atoms with Crippen molar-refractivity contribution in [3.8, 4) is 0 Å². The second-order valence-electron chi connectivity index (χ2n) is 7.82. The minimum Gasteiger partial charge on any atom is -0.307 e. The van der Waals surface area contributed by atoms with Gasteiger partial charge in [-0.25, -0.2) is 0 Å². The van der Waals surface area contributed by atoms with Crippen LogP contribution < -0.4 is 5.32 Å². The number of rotatable bonds is 2. The van der Waals surface area contributed by atoms with E-state index in [1.807, 2.05) is 0 Å². The lowest BCUT2D eigenvalue weighted by Gasteiger charge is -2.40. The van der Waals surface area contributed by atoms with Crippen molar-refractivity contribution in [3.05, 3.63) is 35.4 Å². The van der Waals surface area contributed by atoms with Crippen LogP contribution in [0.5, 0.6) is 0 Å². The van der Waals surface area contributed by atoms with Gasteiger partial charge in [0.2, 0.25) is 0 Å². The maximum absolute atomic E-state index is 3.85. The third-order valence-electron chi connectivity index (χ3n) is 4.87. The summed E-state index contributed by atoms with van der Waals surface area (Å²) in [6, 6.07) is 10.0. The molecule has 0 radical (unpaired) electrons. The molecular weight excluding hydrogens is 230 g/mol. The molecule has 0 spiro atoms. The average Bonchev–Trinajstić information content (AvgIpc) is 2.32. The molecule has 2 unspecified atom stereocenters. The Balaban J connectivity index is 2.26. The molecule has 1 N–H and O–H groups in total. The summed E-state index contributed by atoms with van der Waals surface area (Å²) in [7, 11) is 0. The van der Waals surface area contributed by atoms with Gasteiger partial charge in [-0.15, -0.1) is 0 Å². The summed E-state index contributed by atoms with van der Waals surface area (Å²) in [6.07, 6.45) is 2.50. The summed E-state index contributed by atoms with van der Waals surface area (Å²) < 4.78 is 0. The third-order valence-corrected chi connectivity index (χ3v) is 4.87. The second kappa shape index (κ2) is 4.94. The van der Waals surface area contributed by atoms with Crippen molar-refractivity contribution < 1.29 is 0 Å². The molecule has 0 fully saturated rings. The van der Waals surface area contributed by atoms with E-state index in [0.717, 1.165) is 0 Å². The highest BCUT2D eigenvalue weighted by molar-refractivity contribution is 5.38. The lowest BCUT2D eigenvalue weighted by atomic mass is 9.70. The van der Waals surface area contributed by atoms with Crippen molar-refractivity contribution in [3.63, 3.8) is 0 Å². The Morgan fingerprint density at radius 2 is 1.84 bits per heavy atom. The van der Waals surface area contributed by atoms with Crippen LogP contribution in [0.3, 0.4) is 0 Å². The summed E-state index contributed by atoms with van der Waals surface area (Å²) in [5.74, 6) is 0. The lowest BCUT2D eigenvalue weighted by molar-refractivity contribution is 0.242. The van der Waals surface area contributed by atoms with Gasteiger partial charge in [0, 0.05) is 12.1 Å². The quantitative estimate of drug-likeness (QED) is 0.802. The van der Waals surface area contributed by atoms with Crippen LogP contribution in [0, 0.1) is 5.41 Å². The monoisotopic (exact) mass is 259 g/mol. The molecule has 1 heteroatoms. The van der Waals surface area contributed by atoms with E-state index in [9.17, 15) is 0 Å². The van der Waals surface area contributed by atoms with E-state index in [1.165, 1.54) is 24.0 Å². The zero-order chi connectivity index (χ0) is 14.3. The number of fused-ring (bicyclic) bond motifs is 1. The number of hydrogen-bond donors (Lipinski definition) is 1. The van der Waals surface area contributed by atoms with Crippen LogP contribution in [0.2, 0.25) is 0 Å². The number of benzene rings is 1.